The van der Waals surface area contributed by atoms with E-state index < -0.39 is 0 Å². The van der Waals surface area contributed by atoms with E-state index in [4.69, 9.17) is 4.74 Å². The van der Waals surface area contributed by atoms with Gasteiger partial charge in [0.1, 0.15) is 0 Å². The first-order valence-electron chi connectivity index (χ1n) is 7.38. The standard InChI is InChI=1S/C15H21N3O4/c1-3-12-6-11(7-14(20)17-12)15(21)16-8-13-9-18(10(2)19)4-5-22-13/h6-7,13H,3-5,8-9H2,1-2H3,(H,16,21)(H,17,20). The lowest BCUT2D eigenvalue weighted by molar-refractivity contribution is -0.136. The molecule has 7 heteroatoms. The second kappa shape index (κ2) is 7.22. The quantitative estimate of drug-likeness (QED) is 0.813. The maximum absolute atomic E-state index is 12.1. The van der Waals surface area contributed by atoms with Crippen LogP contribution in [0, 0.1) is 0 Å². The van der Waals surface area contributed by atoms with Crippen LogP contribution in [0.4, 0.5) is 0 Å². The van der Waals surface area contributed by atoms with Crippen molar-refractivity contribution in [3.05, 3.63) is 33.7 Å². The molecular formula is C15H21N3O4. The molecule has 7 nitrogen and oxygen atoms in total. The van der Waals surface area contributed by atoms with Gasteiger partial charge in [-0.1, -0.05) is 6.92 Å². The zero-order valence-electron chi connectivity index (χ0n) is 12.8. The van der Waals surface area contributed by atoms with Crippen LogP contribution in [0.1, 0.15) is 29.9 Å². The van der Waals surface area contributed by atoms with Gasteiger partial charge in [0, 0.05) is 43.9 Å². The third-order valence-electron chi connectivity index (χ3n) is 3.62. The fourth-order valence-corrected chi connectivity index (χ4v) is 2.36. The van der Waals surface area contributed by atoms with E-state index >= 15 is 0 Å². The van der Waals surface area contributed by atoms with Gasteiger partial charge in [0.05, 0.1) is 12.7 Å². The highest BCUT2D eigenvalue weighted by molar-refractivity contribution is 5.94. The molecule has 1 aromatic rings. The number of nitrogens with one attached hydrogen (secondary N) is 2. The van der Waals surface area contributed by atoms with E-state index in [9.17, 15) is 14.4 Å². The van der Waals surface area contributed by atoms with Crippen molar-refractivity contribution >= 4 is 11.8 Å². The van der Waals surface area contributed by atoms with E-state index in [1.807, 2.05) is 6.92 Å². The molecule has 2 rings (SSSR count). The number of amides is 2. The van der Waals surface area contributed by atoms with Gasteiger partial charge in [-0.15, -0.1) is 0 Å². The predicted octanol–water partition coefficient (Wildman–Crippen LogP) is -0.0856. The van der Waals surface area contributed by atoms with E-state index in [2.05, 4.69) is 10.3 Å². The maximum atomic E-state index is 12.1. The first-order valence-corrected chi connectivity index (χ1v) is 7.38. The van der Waals surface area contributed by atoms with Crippen molar-refractivity contribution in [2.24, 2.45) is 0 Å². The number of aromatic nitrogens is 1. The maximum Gasteiger partial charge on any atom is 0.251 e. The summed E-state index contributed by atoms with van der Waals surface area (Å²) in [5.41, 5.74) is 0.760. The number of ether oxygens (including phenoxy) is 1. The van der Waals surface area contributed by atoms with Gasteiger partial charge in [0.15, 0.2) is 0 Å². The number of carbonyl (C=O) groups excluding carboxylic acids is 2. The van der Waals surface area contributed by atoms with Gasteiger partial charge in [-0.2, -0.15) is 0 Å². The van der Waals surface area contributed by atoms with Crippen LogP contribution in [0.2, 0.25) is 0 Å². The largest absolute Gasteiger partial charge is 0.373 e. The van der Waals surface area contributed by atoms with Gasteiger partial charge < -0.3 is 19.9 Å². The first-order chi connectivity index (χ1) is 10.5. The summed E-state index contributed by atoms with van der Waals surface area (Å²) < 4.78 is 5.54. The lowest BCUT2D eigenvalue weighted by Crippen LogP contribution is -2.49. The van der Waals surface area contributed by atoms with Crippen LogP contribution in [0.25, 0.3) is 0 Å². The zero-order chi connectivity index (χ0) is 16.1. The van der Waals surface area contributed by atoms with Gasteiger partial charge in [-0.05, 0) is 12.5 Å². The molecule has 0 aromatic carbocycles. The minimum atomic E-state index is -0.315. The first kappa shape index (κ1) is 16.2. The van der Waals surface area contributed by atoms with Crippen molar-refractivity contribution in [3.63, 3.8) is 0 Å². The summed E-state index contributed by atoms with van der Waals surface area (Å²) in [6.07, 6.45) is 0.421. The normalized spacial score (nSPS) is 18.1. The van der Waals surface area contributed by atoms with E-state index in [1.165, 1.54) is 13.0 Å². The summed E-state index contributed by atoms with van der Waals surface area (Å²) in [7, 11) is 0. The van der Waals surface area contributed by atoms with Gasteiger partial charge >= 0.3 is 0 Å². The minimum Gasteiger partial charge on any atom is -0.373 e. The lowest BCUT2D eigenvalue weighted by atomic mass is 10.2. The average Bonchev–Trinajstić information content (AvgIpc) is 2.52. The molecule has 0 bridgehead atoms. The Morgan fingerprint density at radius 2 is 2.23 bits per heavy atom. The Hall–Kier alpha value is -2.15. The van der Waals surface area contributed by atoms with Crippen molar-refractivity contribution < 1.29 is 14.3 Å². The van der Waals surface area contributed by atoms with Crippen molar-refractivity contribution in [2.45, 2.75) is 26.4 Å². The monoisotopic (exact) mass is 307 g/mol. The summed E-state index contributed by atoms with van der Waals surface area (Å²) in [4.78, 5) is 39.3. The topological polar surface area (TPSA) is 91.5 Å². The number of hydrogen-bond donors (Lipinski definition) is 2. The highest BCUT2D eigenvalue weighted by Crippen LogP contribution is 2.05. The number of nitrogens with zero attached hydrogens (tertiary/aromatic N) is 1. The van der Waals surface area contributed by atoms with E-state index in [1.54, 1.807) is 11.0 Å². The molecule has 1 fully saturated rings. The predicted molar refractivity (Wildman–Crippen MR) is 80.8 cm³/mol. The number of H-pyrrole nitrogens is 1. The van der Waals surface area contributed by atoms with Crippen molar-refractivity contribution in [2.75, 3.05) is 26.2 Å². The van der Waals surface area contributed by atoms with Crippen LogP contribution < -0.4 is 10.9 Å². The zero-order valence-corrected chi connectivity index (χ0v) is 12.8. The number of morpholine rings is 1. The van der Waals surface area contributed by atoms with Crippen molar-refractivity contribution in [1.29, 1.82) is 0 Å². The molecule has 22 heavy (non-hydrogen) atoms. The van der Waals surface area contributed by atoms with E-state index in [-0.39, 0.29) is 23.5 Å². The van der Waals surface area contributed by atoms with Crippen LogP contribution in [-0.4, -0.2) is 54.0 Å². The SMILES string of the molecule is CCc1cc(C(=O)NCC2CN(C(C)=O)CCO2)cc(=O)[nH]1. The van der Waals surface area contributed by atoms with Gasteiger partial charge in [0.25, 0.3) is 5.91 Å². The molecule has 2 amide bonds. The molecule has 1 aromatic heterocycles. The Labute approximate surface area is 128 Å². The Morgan fingerprint density at radius 3 is 2.91 bits per heavy atom. The Balaban J connectivity index is 1.94. The fraction of sp³-hybridized carbons (Fsp3) is 0.533. The molecule has 2 N–H and O–H groups in total. The van der Waals surface area contributed by atoms with E-state index in [0.29, 0.717) is 43.9 Å². The molecule has 120 valence electrons. The molecule has 0 saturated carbocycles. The Bertz CT molecular complexity index is 611. The second-order valence-corrected chi connectivity index (χ2v) is 5.28. The Morgan fingerprint density at radius 1 is 1.45 bits per heavy atom. The van der Waals surface area contributed by atoms with Crippen molar-refractivity contribution in [3.8, 4) is 0 Å². The van der Waals surface area contributed by atoms with Crippen LogP contribution in [0.15, 0.2) is 16.9 Å². The van der Waals surface area contributed by atoms with Crippen LogP contribution in [-0.2, 0) is 16.0 Å². The fourth-order valence-electron chi connectivity index (χ4n) is 2.36. The number of pyridine rings is 1. The summed E-state index contributed by atoms with van der Waals surface area (Å²) in [5.74, 6) is -0.314. The highest BCUT2D eigenvalue weighted by atomic mass is 16.5. The molecule has 1 unspecified atom stereocenters. The van der Waals surface area contributed by atoms with Gasteiger partial charge in [-0.3, -0.25) is 14.4 Å². The Kier molecular flexibility index (Phi) is 5.32. The molecule has 0 spiro atoms. The van der Waals surface area contributed by atoms with Crippen LogP contribution in [0.5, 0.6) is 0 Å². The number of rotatable bonds is 4. The summed E-state index contributed by atoms with van der Waals surface area (Å²) in [6.45, 7) is 5.23. The lowest BCUT2D eigenvalue weighted by Gasteiger charge is -2.32. The average molecular weight is 307 g/mol. The minimum absolute atomic E-state index is 0.00167. The van der Waals surface area contributed by atoms with Crippen molar-refractivity contribution in [1.82, 2.24) is 15.2 Å². The van der Waals surface area contributed by atoms with E-state index in [0.717, 1.165) is 0 Å². The number of aryl methyl sites for hydroxylation is 1. The van der Waals surface area contributed by atoms with Crippen LogP contribution in [0.3, 0.4) is 0 Å². The summed E-state index contributed by atoms with van der Waals surface area (Å²) in [6, 6.07) is 2.94. The van der Waals surface area contributed by atoms with Crippen LogP contribution >= 0.6 is 0 Å². The third kappa shape index (κ3) is 4.17. The molecule has 2 heterocycles. The molecule has 1 saturated heterocycles. The third-order valence-corrected chi connectivity index (χ3v) is 3.62. The molecule has 1 atom stereocenters. The highest BCUT2D eigenvalue weighted by Gasteiger charge is 2.22. The summed E-state index contributed by atoms with van der Waals surface area (Å²) in [5, 5.41) is 2.75. The molecule has 1 aliphatic rings. The molecule has 1 aliphatic heterocycles. The second-order valence-electron chi connectivity index (χ2n) is 5.28. The summed E-state index contributed by atoms with van der Waals surface area (Å²) >= 11 is 0. The number of hydrogen-bond acceptors (Lipinski definition) is 4. The number of aromatic amines is 1. The molecule has 0 aliphatic carbocycles. The smallest absolute Gasteiger partial charge is 0.251 e. The molecular weight excluding hydrogens is 286 g/mol. The molecule has 0 radical (unpaired) electrons. The van der Waals surface area contributed by atoms with Gasteiger partial charge in [-0.25, -0.2) is 0 Å². The number of carbonyl (C=O) groups is 2. The van der Waals surface area contributed by atoms with Gasteiger partial charge in [0.2, 0.25) is 11.5 Å².